The highest BCUT2D eigenvalue weighted by atomic mass is 32.2. The van der Waals surface area contributed by atoms with Crippen LogP contribution in [0.2, 0.25) is 0 Å². The molecular weight excluding hydrogens is 552 g/mol. The standard InChI is InChI=1S/C32H36N4O5S/c1-21(2)30(31(38)33-5)36(29(37)19-24-12-8-6-9-13-24)20-25-16-17-27(26-14-10-7-11-15-26)28(18-25)42(39,40)35-32-22(3)23(4)34-41-32/h6-18,21,30,35H,19-20H2,1-5H3,(H,33,38)/t30-/m0/s1. The molecular formula is C32H36N4O5S. The van der Waals surface area contributed by atoms with Crippen molar-refractivity contribution < 1.29 is 22.5 Å². The van der Waals surface area contributed by atoms with Crippen LogP contribution in [0, 0.1) is 19.8 Å². The summed E-state index contributed by atoms with van der Waals surface area (Å²) >= 11 is 0. The zero-order valence-electron chi connectivity index (χ0n) is 24.4. The second kappa shape index (κ2) is 13.0. The number of nitrogens with zero attached hydrogens (tertiary/aromatic N) is 2. The molecule has 0 bridgehead atoms. The average Bonchev–Trinajstić information content (AvgIpc) is 3.29. The number of hydrogen-bond acceptors (Lipinski definition) is 6. The molecule has 0 saturated heterocycles. The minimum Gasteiger partial charge on any atom is -0.357 e. The highest BCUT2D eigenvalue weighted by molar-refractivity contribution is 7.92. The van der Waals surface area contributed by atoms with Gasteiger partial charge in [-0.25, -0.2) is 13.1 Å². The third-order valence-electron chi connectivity index (χ3n) is 7.16. The zero-order valence-corrected chi connectivity index (χ0v) is 25.2. The van der Waals surface area contributed by atoms with E-state index < -0.39 is 16.1 Å². The highest BCUT2D eigenvalue weighted by Gasteiger charge is 2.32. The Morgan fingerprint density at radius 1 is 0.929 bits per heavy atom. The van der Waals surface area contributed by atoms with Gasteiger partial charge in [-0.1, -0.05) is 91.8 Å². The van der Waals surface area contributed by atoms with E-state index in [0.29, 0.717) is 27.9 Å². The zero-order chi connectivity index (χ0) is 30.4. The van der Waals surface area contributed by atoms with Gasteiger partial charge in [0.1, 0.15) is 6.04 Å². The van der Waals surface area contributed by atoms with Crippen LogP contribution in [0.15, 0.2) is 88.3 Å². The van der Waals surface area contributed by atoms with E-state index in [1.165, 1.54) is 11.9 Å². The Morgan fingerprint density at radius 3 is 2.14 bits per heavy atom. The van der Waals surface area contributed by atoms with E-state index in [-0.39, 0.29) is 41.5 Å². The van der Waals surface area contributed by atoms with E-state index in [1.54, 1.807) is 32.0 Å². The predicted octanol–water partition coefficient (Wildman–Crippen LogP) is 5.10. The molecule has 1 aromatic heterocycles. The van der Waals surface area contributed by atoms with E-state index in [4.69, 9.17) is 4.52 Å². The summed E-state index contributed by atoms with van der Waals surface area (Å²) in [7, 11) is -2.61. The van der Waals surface area contributed by atoms with Crippen LogP contribution in [0.1, 0.15) is 36.2 Å². The first-order valence-electron chi connectivity index (χ1n) is 13.7. The molecule has 0 radical (unpaired) electrons. The van der Waals surface area contributed by atoms with E-state index in [2.05, 4.69) is 15.2 Å². The van der Waals surface area contributed by atoms with E-state index in [1.807, 2.05) is 74.5 Å². The normalized spacial score (nSPS) is 12.1. The molecule has 2 amide bonds. The van der Waals surface area contributed by atoms with Crippen molar-refractivity contribution in [3.05, 3.63) is 101 Å². The second-order valence-electron chi connectivity index (χ2n) is 10.5. The molecule has 0 fully saturated rings. The van der Waals surface area contributed by atoms with E-state index >= 15 is 0 Å². The fraction of sp³-hybridized carbons (Fsp3) is 0.281. The molecule has 0 unspecified atom stereocenters. The molecule has 42 heavy (non-hydrogen) atoms. The summed E-state index contributed by atoms with van der Waals surface area (Å²) in [4.78, 5) is 28.3. The third-order valence-corrected chi connectivity index (χ3v) is 8.53. The van der Waals surface area contributed by atoms with Gasteiger partial charge in [-0.2, -0.15) is 0 Å². The molecule has 10 heteroatoms. The van der Waals surface area contributed by atoms with Gasteiger partial charge in [0.15, 0.2) is 0 Å². The number of sulfonamides is 1. The van der Waals surface area contributed by atoms with Crippen molar-refractivity contribution in [3.8, 4) is 11.1 Å². The predicted molar refractivity (Wildman–Crippen MR) is 162 cm³/mol. The summed E-state index contributed by atoms with van der Waals surface area (Å²) in [6.07, 6.45) is 0.0972. The van der Waals surface area contributed by atoms with Crippen molar-refractivity contribution in [3.63, 3.8) is 0 Å². The third kappa shape index (κ3) is 6.88. The lowest BCUT2D eigenvalue weighted by atomic mass is 9.98. The van der Waals surface area contributed by atoms with Gasteiger partial charge in [0.05, 0.1) is 17.0 Å². The number of likely N-dealkylation sites (N-methyl/N-ethyl adjacent to an activating group) is 1. The van der Waals surface area contributed by atoms with Crippen molar-refractivity contribution in [2.75, 3.05) is 11.8 Å². The monoisotopic (exact) mass is 588 g/mol. The van der Waals surface area contributed by atoms with Crippen molar-refractivity contribution in [1.82, 2.24) is 15.4 Å². The highest BCUT2D eigenvalue weighted by Crippen LogP contribution is 2.32. The Bertz CT molecular complexity index is 1650. The first-order valence-corrected chi connectivity index (χ1v) is 15.2. The molecule has 2 N–H and O–H groups in total. The Balaban J connectivity index is 1.79. The van der Waals surface area contributed by atoms with Gasteiger partial charge in [-0.05, 0) is 42.5 Å². The lowest BCUT2D eigenvalue weighted by Gasteiger charge is -2.33. The van der Waals surface area contributed by atoms with Gasteiger partial charge in [0.2, 0.25) is 17.7 Å². The average molecular weight is 589 g/mol. The number of benzene rings is 3. The maximum atomic E-state index is 13.8. The number of nitrogens with one attached hydrogen (secondary N) is 2. The number of carbonyl (C=O) groups is 2. The maximum absolute atomic E-state index is 13.8. The van der Waals surface area contributed by atoms with Crippen molar-refractivity contribution in [2.45, 2.75) is 51.6 Å². The summed E-state index contributed by atoms with van der Waals surface area (Å²) in [5.41, 5.74) is 3.71. The number of amides is 2. The van der Waals surface area contributed by atoms with Crippen LogP contribution < -0.4 is 10.0 Å². The van der Waals surface area contributed by atoms with Crippen LogP contribution in [-0.2, 0) is 32.6 Å². The minimum atomic E-state index is -4.15. The van der Waals surface area contributed by atoms with Gasteiger partial charge in [-0.15, -0.1) is 0 Å². The molecule has 220 valence electrons. The largest absolute Gasteiger partial charge is 0.357 e. The number of aryl methyl sites for hydroxylation is 1. The summed E-state index contributed by atoms with van der Waals surface area (Å²) in [5, 5.41) is 6.54. The number of anilines is 1. The molecule has 4 rings (SSSR count). The SMILES string of the molecule is CNC(=O)[C@H](C(C)C)N(Cc1ccc(-c2ccccc2)c(S(=O)(=O)Nc2onc(C)c2C)c1)C(=O)Cc1ccccc1. The number of hydrogen-bond donors (Lipinski definition) is 2. The first kappa shape index (κ1) is 30.5. The van der Waals surface area contributed by atoms with Crippen LogP contribution in [0.25, 0.3) is 11.1 Å². The Kier molecular flexibility index (Phi) is 9.47. The molecule has 9 nitrogen and oxygen atoms in total. The van der Waals surface area contributed by atoms with Crippen LogP contribution in [0.5, 0.6) is 0 Å². The molecule has 0 aliphatic carbocycles. The fourth-order valence-corrected chi connectivity index (χ4v) is 6.12. The van der Waals surface area contributed by atoms with Gasteiger partial charge in [-0.3, -0.25) is 9.59 Å². The van der Waals surface area contributed by atoms with Crippen molar-refractivity contribution in [2.24, 2.45) is 5.92 Å². The Morgan fingerprint density at radius 2 is 1.57 bits per heavy atom. The lowest BCUT2D eigenvalue weighted by Crippen LogP contribution is -2.51. The van der Waals surface area contributed by atoms with Gasteiger partial charge >= 0.3 is 0 Å². The van der Waals surface area contributed by atoms with Gasteiger partial charge < -0.3 is 14.7 Å². The smallest absolute Gasteiger partial charge is 0.264 e. The Labute approximate surface area is 247 Å². The molecule has 4 aromatic rings. The molecule has 3 aromatic carbocycles. The van der Waals surface area contributed by atoms with Crippen molar-refractivity contribution in [1.29, 1.82) is 0 Å². The maximum Gasteiger partial charge on any atom is 0.264 e. The second-order valence-corrected chi connectivity index (χ2v) is 12.2. The van der Waals surface area contributed by atoms with Crippen LogP contribution >= 0.6 is 0 Å². The van der Waals surface area contributed by atoms with Gasteiger partial charge in [0.25, 0.3) is 10.0 Å². The fourth-order valence-electron chi connectivity index (χ4n) is 4.79. The molecule has 0 spiro atoms. The van der Waals surface area contributed by atoms with Crippen molar-refractivity contribution >= 4 is 27.7 Å². The molecule has 0 aliphatic heterocycles. The topological polar surface area (TPSA) is 122 Å². The lowest BCUT2D eigenvalue weighted by molar-refractivity contribution is -0.142. The molecule has 0 aliphatic rings. The van der Waals surface area contributed by atoms with Crippen LogP contribution in [-0.4, -0.2) is 43.4 Å². The number of carbonyl (C=O) groups excluding carboxylic acids is 2. The molecule has 0 saturated carbocycles. The number of rotatable bonds is 11. The van der Waals surface area contributed by atoms with Crippen LogP contribution in [0.4, 0.5) is 5.88 Å². The minimum absolute atomic E-state index is 0.0103. The Hall–Kier alpha value is -4.44. The molecule has 1 atom stereocenters. The summed E-state index contributed by atoms with van der Waals surface area (Å²) in [5.74, 6) is -0.698. The van der Waals surface area contributed by atoms with E-state index in [0.717, 1.165) is 5.56 Å². The number of aromatic nitrogens is 1. The molecule has 1 heterocycles. The van der Waals surface area contributed by atoms with Crippen LogP contribution in [0.3, 0.4) is 0 Å². The quantitative estimate of drug-likeness (QED) is 0.251. The summed E-state index contributed by atoms with van der Waals surface area (Å²) in [6, 6.07) is 22.8. The summed E-state index contributed by atoms with van der Waals surface area (Å²) < 4.78 is 35.4. The first-order chi connectivity index (χ1) is 20.0. The van der Waals surface area contributed by atoms with E-state index in [9.17, 15) is 18.0 Å². The van der Waals surface area contributed by atoms with Gasteiger partial charge in [0, 0.05) is 24.7 Å². The summed E-state index contributed by atoms with van der Waals surface area (Å²) in [6.45, 7) is 7.23.